The number of hydrogen-bond donors (Lipinski definition) is 2. The van der Waals surface area contributed by atoms with Gasteiger partial charge in [0.2, 0.25) is 10.0 Å². The van der Waals surface area contributed by atoms with Crippen molar-refractivity contribution in [2.45, 2.75) is 18.9 Å². The lowest BCUT2D eigenvalue weighted by Gasteiger charge is -1.94. The Bertz CT molecular complexity index is 418. The molecule has 0 heterocycles. The van der Waals surface area contributed by atoms with Crippen LogP contribution in [0.15, 0.2) is 24.3 Å². The molecular formula is C11H18N2O2S. The summed E-state index contributed by atoms with van der Waals surface area (Å²) in [5.74, 6) is 0. The lowest BCUT2D eigenvalue weighted by atomic mass is 10.1. The molecule has 0 atom stereocenters. The molecule has 1 aromatic rings. The smallest absolute Gasteiger partial charge is 0.208 e. The minimum atomic E-state index is -2.91. The molecule has 2 rings (SSSR count). The van der Waals surface area contributed by atoms with Gasteiger partial charge in [-0.3, -0.25) is 0 Å². The van der Waals surface area contributed by atoms with E-state index in [0.29, 0.717) is 6.04 Å². The molecule has 5 heteroatoms. The Morgan fingerprint density at radius 1 is 1.25 bits per heavy atom. The zero-order valence-electron chi connectivity index (χ0n) is 9.60. The molecule has 0 radical (unpaired) electrons. The summed E-state index contributed by atoms with van der Waals surface area (Å²) in [4.78, 5) is 0. The molecule has 0 fully saturated rings. The molecule has 0 aromatic heterocycles. The number of rotatable bonds is 1. The van der Waals surface area contributed by atoms with Crippen LogP contribution in [0.1, 0.15) is 11.1 Å². The largest absolute Gasteiger partial charge is 0.327 e. The van der Waals surface area contributed by atoms with Crippen molar-refractivity contribution in [1.82, 2.24) is 4.72 Å². The zero-order chi connectivity index (χ0) is 12.2. The minimum Gasteiger partial charge on any atom is -0.327 e. The normalized spacial score (nSPS) is 15.2. The second kappa shape index (κ2) is 5.43. The minimum absolute atomic E-state index is 0.373. The van der Waals surface area contributed by atoms with Gasteiger partial charge in [0.25, 0.3) is 0 Å². The molecule has 16 heavy (non-hydrogen) atoms. The Morgan fingerprint density at radius 3 is 1.94 bits per heavy atom. The molecule has 0 bridgehead atoms. The Morgan fingerprint density at radius 2 is 1.62 bits per heavy atom. The molecular weight excluding hydrogens is 224 g/mol. The van der Waals surface area contributed by atoms with Crippen LogP contribution in [0.2, 0.25) is 0 Å². The summed E-state index contributed by atoms with van der Waals surface area (Å²) >= 11 is 0. The van der Waals surface area contributed by atoms with Gasteiger partial charge in [0, 0.05) is 6.04 Å². The summed E-state index contributed by atoms with van der Waals surface area (Å²) in [6, 6.07) is 8.87. The van der Waals surface area contributed by atoms with Crippen LogP contribution in [0, 0.1) is 0 Å². The third-order valence-corrected chi connectivity index (χ3v) is 3.19. The molecule has 0 aliphatic heterocycles. The van der Waals surface area contributed by atoms with E-state index < -0.39 is 10.0 Å². The van der Waals surface area contributed by atoms with Crippen LogP contribution in [0.25, 0.3) is 0 Å². The Labute approximate surface area is 96.9 Å². The summed E-state index contributed by atoms with van der Waals surface area (Å²) in [5.41, 5.74) is 8.66. The van der Waals surface area contributed by atoms with Crippen molar-refractivity contribution in [3.05, 3.63) is 35.4 Å². The molecule has 0 saturated heterocycles. The van der Waals surface area contributed by atoms with Gasteiger partial charge in [-0.05, 0) is 31.0 Å². The first-order chi connectivity index (χ1) is 7.42. The third-order valence-electron chi connectivity index (χ3n) is 2.45. The Kier molecular flexibility index (Phi) is 4.46. The fourth-order valence-electron chi connectivity index (χ4n) is 1.59. The molecule has 90 valence electrons. The van der Waals surface area contributed by atoms with Gasteiger partial charge >= 0.3 is 0 Å². The molecule has 1 aromatic carbocycles. The Hall–Kier alpha value is -0.910. The quantitative estimate of drug-likeness (QED) is 0.743. The third kappa shape index (κ3) is 4.30. The predicted molar refractivity (Wildman–Crippen MR) is 65.7 cm³/mol. The average Bonchev–Trinajstić information content (AvgIpc) is 2.57. The van der Waals surface area contributed by atoms with E-state index >= 15 is 0 Å². The van der Waals surface area contributed by atoms with Crippen LogP contribution < -0.4 is 10.5 Å². The first kappa shape index (κ1) is 13.2. The van der Waals surface area contributed by atoms with Crippen molar-refractivity contribution < 1.29 is 8.42 Å². The molecule has 0 unspecified atom stereocenters. The second-order valence-electron chi connectivity index (χ2n) is 3.91. The predicted octanol–water partition coefficient (Wildman–Crippen LogP) is 0.278. The van der Waals surface area contributed by atoms with E-state index in [0.717, 1.165) is 19.1 Å². The van der Waals surface area contributed by atoms with Gasteiger partial charge in [-0.1, -0.05) is 24.3 Å². The van der Waals surface area contributed by atoms with E-state index in [1.807, 2.05) is 0 Å². The van der Waals surface area contributed by atoms with Crippen LogP contribution in [0.4, 0.5) is 0 Å². The SMILES string of the molecule is CNS(C)(=O)=O.NC1Cc2ccccc2C1. The van der Waals surface area contributed by atoms with E-state index in [1.54, 1.807) is 0 Å². The highest BCUT2D eigenvalue weighted by molar-refractivity contribution is 7.88. The van der Waals surface area contributed by atoms with E-state index in [4.69, 9.17) is 5.73 Å². The standard InChI is InChI=1S/C9H11N.C2H7NO2S/c10-9-5-7-3-1-2-4-8(7)6-9;1-3-6(2,4)5/h1-4,9H,5-6,10H2;3H,1-2H3. The van der Waals surface area contributed by atoms with Gasteiger partial charge in [0.05, 0.1) is 6.26 Å². The fourth-order valence-corrected chi connectivity index (χ4v) is 1.59. The number of nitrogens with one attached hydrogen (secondary N) is 1. The maximum Gasteiger partial charge on any atom is 0.208 e. The maximum absolute atomic E-state index is 9.89. The summed E-state index contributed by atoms with van der Waals surface area (Å²) in [6.45, 7) is 0. The first-order valence-corrected chi connectivity index (χ1v) is 7.02. The molecule has 0 saturated carbocycles. The van der Waals surface area contributed by atoms with Crippen LogP contribution >= 0.6 is 0 Å². The summed E-state index contributed by atoms with van der Waals surface area (Å²) in [5, 5.41) is 0. The monoisotopic (exact) mass is 242 g/mol. The maximum atomic E-state index is 9.89. The summed E-state index contributed by atoms with van der Waals surface area (Å²) in [7, 11) is -1.54. The van der Waals surface area contributed by atoms with Crippen LogP contribution in [0.3, 0.4) is 0 Å². The zero-order valence-corrected chi connectivity index (χ0v) is 10.4. The number of nitrogens with two attached hydrogens (primary N) is 1. The van der Waals surface area contributed by atoms with Crippen molar-refractivity contribution in [3.63, 3.8) is 0 Å². The van der Waals surface area contributed by atoms with E-state index in [1.165, 1.54) is 18.2 Å². The first-order valence-electron chi connectivity index (χ1n) is 5.13. The number of fused-ring (bicyclic) bond motifs is 1. The molecule has 0 spiro atoms. The average molecular weight is 242 g/mol. The molecule has 3 N–H and O–H groups in total. The molecule has 0 amide bonds. The number of benzene rings is 1. The van der Waals surface area contributed by atoms with Crippen LogP contribution in [-0.4, -0.2) is 27.8 Å². The topological polar surface area (TPSA) is 72.2 Å². The van der Waals surface area contributed by atoms with Gasteiger partial charge in [0.1, 0.15) is 0 Å². The van der Waals surface area contributed by atoms with E-state index in [2.05, 4.69) is 29.0 Å². The fraction of sp³-hybridized carbons (Fsp3) is 0.455. The van der Waals surface area contributed by atoms with E-state index in [-0.39, 0.29) is 0 Å². The summed E-state index contributed by atoms with van der Waals surface area (Å²) in [6.07, 6.45) is 3.24. The number of hydrogen-bond acceptors (Lipinski definition) is 3. The van der Waals surface area contributed by atoms with Gasteiger partial charge in [-0.25, -0.2) is 13.1 Å². The number of sulfonamides is 1. The van der Waals surface area contributed by atoms with Crippen molar-refractivity contribution in [2.75, 3.05) is 13.3 Å². The van der Waals surface area contributed by atoms with Gasteiger partial charge < -0.3 is 5.73 Å². The van der Waals surface area contributed by atoms with Crippen molar-refractivity contribution >= 4 is 10.0 Å². The lowest BCUT2D eigenvalue weighted by molar-refractivity contribution is 0.594. The van der Waals surface area contributed by atoms with Gasteiger partial charge in [0.15, 0.2) is 0 Å². The summed E-state index contributed by atoms with van der Waals surface area (Å²) < 4.78 is 21.9. The van der Waals surface area contributed by atoms with Crippen LogP contribution in [0.5, 0.6) is 0 Å². The molecule has 1 aliphatic rings. The van der Waals surface area contributed by atoms with Crippen molar-refractivity contribution in [1.29, 1.82) is 0 Å². The van der Waals surface area contributed by atoms with Crippen molar-refractivity contribution in [2.24, 2.45) is 5.73 Å². The second-order valence-corrected chi connectivity index (χ2v) is 5.87. The van der Waals surface area contributed by atoms with Gasteiger partial charge in [-0.15, -0.1) is 0 Å². The van der Waals surface area contributed by atoms with Crippen molar-refractivity contribution in [3.8, 4) is 0 Å². The highest BCUT2D eigenvalue weighted by Gasteiger charge is 2.15. The van der Waals surface area contributed by atoms with Gasteiger partial charge in [-0.2, -0.15) is 0 Å². The highest BCUT2D eigenvalue weighted by Crippen LogP contribution is 2.19. The highest BCUT2D eigenvalue weighted by atomic mass is 32.2. The lowest BCUT2D eigenvalue weighted by Crippen LogP contribution is -2.18. The Balaban J connectivity index is 0.000000187. The molecule has 4 nitrogen and oxygen atoms in total. The van der Waals surface area contributed by atoms with Crippen LogP contribution in [-0.2, 0) is 22.9 Å². The molecule has 1 aliphatic carbocycles. The van der Waals surface area contributed by atoms with E-state index in [9.17, 15) is 8.42 Å².